The number of nitro groups is 1. The number of hydrogen-bond donors (Lipinski definition) is 1. The predicted octanol–water partition coefficient (Wildman–Crippen LogP) is 0.848. The lowest BCUT2D eigenvalue weighted by atomic mass is 10.1. The summed E-state index contributed by atoms with van der Waals surface area (Å²) in [6.07, 6.45) is -0.0379. The van der Waals surface area contributed by atoms with E-state index in [0.29, 0.717) is 0 Å². The number of amides is 1. The van der Waals surface area contributed by atoms with E-state index in [1.807, 2.05) is 0 Å². The molecule has 1 aromatic rings. The molecule has 124 valence electrons. The number of carbonyl (C=O) groups excluding carboxylic acids is 2. The van der Waals surface area contributed by atoms with Crippen molar-refractivity contribution in [3.05, 3.63) is 44.0 Å². The van der Waals surface area contributed by atoms with Crippen molar-refractivity contribution in [2.24, 2.45) is 0 Å². The highest BCUT2D eigenvalue weighted by molar-refractivity contribution is 5.99. The quantitative estimate of drug-likeness (QED) is 0.242. The molecule has 0 radical (unpaired) electrons. The van der Waals surface area contributed by atoms with Crippen LogP contribution in [0.25, 0.3) is 0 Å². The van der Waals surface area contributed by atoms with Gasteiger partial charge in [-0.25, -0.2) is 0 Å². The van der Waals surface area contributed by atoms with Gasteiger partial charge in [-0.2, -0.15) is 0 Å². The molecule has 0 unspecified atom stereocenters. The van der Waals surface area contributed by atoms with Gasteiger partial charge in [0.25, 0.3) is 11.0 Å². The lowest BCUT2D eigenvalue weighted by Gasteiger charge is -2.10. The van der Waals surface area contributed by atoms with Crippen molar-refractivity contribution >= 4 is 17.6 Å². The third kappa shape index (κ3) is 5.22. The first-order valence-corrected chi connectivity index (χ1v) is 6.40. The van der Waals surface area contributed by atoms with E-state index in [1.54, 1.807) is 0 Å². The van der Waals surface area contributed by atoms with E-state index < -0.39 is 39.9 Å². The van der Waals surface area contributed by atoms with E-state index in [-0.39, 0.29) is 18.5 Å². The molecular formula is C12H13N3O8. The molecule has 1 aromatic carbocycles. The Hall–Kier alpha value is -3.24. The third-order valence-corrected chi connectivity index (χ3v) is 2.52. The van der Waals surface area contributed by atoms with Crippen LogP contribution in [-0.4, -0.2) is 35.0 Å². The molecule has 0 fully saturated rings. The van der Waals surface area contributed by atoms with Crippen LogP contribution in [0.2, 0.25) is 0 Å². The van der Waals surface area contributed by atoms with Crippen molar-refractivity contribution in [1.82, 2.24) is 5.32 Å². The van der Waals surface area contributed by atoms with Gasteiger partial charge >= 0.3 is 11.7 Å². The summed E-state index contributed by atoms with van der Waals surface area (Å²) >= 11 is 0. The van der Waals surface area contributed by atoms with E-state index in [4.69, 9.17) is 4.74 Å². The maximum absolute atomic E-state index is 12.0. The Morgan fingerprint density at radius 2 is 1.96 bits per heavy atom. The fourth-order valence-corrected chi connectivity index (χ4v) is 1.52. The molecule has 11 heteroatoms. The Labute approximate surface area is 129 Å². The van der Waals surface area contributed by atoms with Crippen LogP contribution in [-0.2, 0) is 9.63 Å². The molecule has 11 nitrogen and oxygen atoms in total. The molecule has 0 saturated carbocycles. The summed E-state index contributed by atoms with van der Waals surface area (Å²) in [7, 11) is 0. The number of ether oxygens (including phenoxy) is 1. The van der Waals surface area contributed by atoms with Crippen LogP contribution in [0.5, 0.6) is 5.75 Å². The molecule has 23 heavy (non-hydrogen) atoms. The van der Waals surface area contributed by atoms with Crippen molar-refractivity contribution in [2.75, 3.05) is 13.2 Å². The zero-order valence-corrected chi connectivity index (χ0v) is 12.0. The van der Waals surface area contributed by atoms with E-state index in [2.05, 4.69) is 10.2 Å². The van der Waals surface area contributed by atoms with Gasteiger partial charge in [-0.05, 0) is 6.07 Å². The minimum Gasteiger partial charge on any atom is -0.418 e. The maximum atomic E-state index is 12.0. The molecule has 0 aliphatic heterocycles. The molecule has 0 spiro atoms. The number of para-hydroxylation sites is 1. The minimum absolute atomic E-state index is 0.0379. The van der Waals surface area contributed by atoms with Crippen LogP contribution in [0.3, 0.4) is 0 Å². The van der Waals surface area contributed by atoms with Crippen LogP contribution in [0, 0.1) is 20.2 Å². The molecular weight excluding hydrogens is 314 g/mol. The fraction of sp³-hybridized carbons (Fsp3) is 0.333. The van der Waals surface area contributed by atoms with E-state index in [1.165, 1.54) is 19.1 Å². The van der Waals surface area contributed by atoms with Crippen molar-refractivity contribution in [3.63, 3.8) is 0 Å². The molecule has 0 atom stereocenters. The van der Waals surface area contributed by atoms with Gasteiger partial charge in [-0.3, -0.25) is 19.7 Å². The standard InChI is InChI=1S/C12H13N3O8/c1-2-10(16)23-11-8(4-3-5-9(11)14(18)19)12(17)13-6-7-22-15(20)21/h3-5H,2,6-7H2,1H3,(H,13,17). The van der Waals surface area contributed by atoms with Gasteiger partial charge in [0.15, 0.2) is 0 Å². The largest absolute Gasteiger partial charge is 0.418 e. The maximum Gasteiger partial charge on any atom is 0.312 e. The molecule has 0 bridgehead atoms. The van der Waals surface area contributed by atoms with Crippen LogP contribution >= 0.6 is 0 Å². The fourth-order valence-electron chi connectivity index (χ4n) is 1.52. The van der Waals surface area contributed by atoms with Crippen LogP contribution in [0.15, 0.2) is 18.2 Å². The second-order valence-electron chi connectivity index (χ2n) is 4.05. The molecule has 1 rings (SSSR count). The smallest absolute Gasteiger partial charge is 0.312 e. The number of benzene rings is 1. The lowest BCUT2D eigenvalue weighted by molar-refractivity contribution is -0.757. The molecule has 0 aliphatic carbocycles. The van der Waals surface area contributed by atoms with Crippen molar-refractivity contribution in [1.29, 1.82) is 0 Å². The highest BCUT2D eigenvalue weighted by Crippen LogP contribution is 2.31. The Balaban J connectivity index is 2.97. The molecule has 0 heterocycles. The van der Waals surface area contributed by atoms with Crippen LogP contribution in [0.1, 0.15) is 23.7 Å². The number of hydrogen-bond acceptors (Lipinski definition) is 8. The Morgan fingerprint density at radius 1 is 1.26 bits per heavy atom. The first-order chi connectivity index (χ1) is 10.9. The summed E-state index contributed by atoms with van der Waals surface area (Å²) in [6, 6.07) is 3.57. The molecule has 1 amide bonds. The average Bonchev–Trinajstić information content (AvgIpc) is 2.50. The molecule has 0 saturated heterocycles. The highest BCUT2D eigenvalue weighted by atomic mass is 16.9. The predicted molar refractivity (Wildman–Crippen MR) is 74.3 cm³/mol. The van der Waals surface area contributed by atoms with Gasteiger partial charge in [0.1, 0.15) is 6.61 Å². The summed E-state index contributed by atoms with van der Waals surface area (Å²) in [5.41, 5.74) is -0.775. The lowest BCUT2D eigenvalue weighted by Crippen LogP contribution is -2.28. The summed E-state index contributed by atoms with van der Waals surface area (Å²) in [5.74, 6) is -2.01. The Kier molecular flexibility index (Phi) is 6.40. The number of nitro benzene ring substituents is 1. The SMILES string of the molecule is CCC(=O)Oc1c(C(=O)NCCO[N+](=O)[O-])cccc1[N+](=O)[O-]. The zero-order chi connectivity index (χ0) is 17.4. The zero-order valence-electron chi connectivity index (χ0n) is 12.0. The molecule has 0 aromatic heterocycles. The second kappa shape index (κ2) is 8.26. The van der Waals surface area contributed by atoms with Crippen molar-refractivity contribution in [3.8, 4) is 5.75 Å². The van der Waals surface area contributed by atoms with Gasteiger partial charge < -0.3 is 14.9 Å². The Morgan fingerprint density at radius 3 is 2.52 bits per heavy atom. The first kappa shape index (κ1) is 17.8. The Bertz CT molecular complexity index is 631. The van der Waals surface area contributed by atoms with Gasteiger partial charge in [0.2, 0.25) is 5.75 Å². The van der Waals surface area contributed by atoms with E-state index in [9.17, 15) is 29.8 Å². The number of esters is 1. The first-order valence-electron chi connectivity index (χ1n) is 6.40. The number of rotatable bonds is 8. The average molecular weight is 327 g/mol. The molecule has 1 N–H and O–H groups in total. The van der Waals surface area contributed by atoms with E-state index >= 15 is 0 Å². The topological polar surface area (TPSA) is 151 Å². The number of carbonyl (C=O) groups is 2. The summed E-state index contributed by atoms with van der Waals surface area (Å²) < 4.78 is 4.87. The highest BCUT2D eigenvalue weighted by Gasteiger charge is 2.25. The third-order valence-electron chi connectivity index (χ3n) is 2.52. The summed E-state index contributed by atoms with van der Waals surface area (Å²) in [4.78, 5) is 47.6. The monoisotopic (exact) mass is 327 g/mol. The molecule has 0 aliphatic rings. The van der Waals surface area contributed by atoms with Crippen molar-refractivity contribution < 1.29 is 29.2 Å². The van der Waals surface area contributed by atoms with Gasteiger partial charge in [0, 0.05) is 19.0 Å². The summed E-state index contributed by atoms with van der Waals surface area (Å²) in [6.45, 7) is 0.896. The van der Waals surface area contributed by atoms with Crippen molar-refractivity contribution in [2.45, 2.75) is 13.3 Å². The van der Waals surface area contributed by atoms with E-state index in [0.717, 1.165) is 6.07 Å². The number of nitrogens with one attached hydrogen (secondary N) is 1. The van der Waals surface area contributed by atoms with Crippen LogP contribution in [0.4, 0.5) is 5.69 Å². The summed E-state index contributed by atoms with van der Waals surface area (Å²) in [5, 5.41) is 22.2. The van der Waals surface area contributed by atoms with Crippen LogP contribution < -0.4 is 10.1 Å². The second-order valence-corrected chi connectivity index (χ2v) is 4.05. The number of nitrogens with zero attached hydrogens (tertiary/aromatic N) is 2. The van der Waals surface area contributed by atoms with Gasteiger partial charge in [-0.1, -0.05) is 13.0 Å². The minimum atomic E-state index is -1.02. The normalized spacial score (nSPS) is 9.78. The van der Waals surface area contributed by atoms with Gasteiger partial charge in [0.05, 0.1) is 10.5 Å². The van der Waals surface area contributed by atoms with Gasteiger partial charge in [-0.15, -0.1) is 10.1 Å².